The SMILES string of the molecule is CNC(=O)c1ccn(-c2nc3sccn3c2CO)n1. The standard InChI is InChI=1S/C11H11N5O2S/c1-12-10(18)7-2-3-16(14-7)9-8(6-17)15-4-5-19-11(15)13-9/h2-5,17H,6H2,1H3,(H,12,18). The van der Waals surface area contributed by atoms with Gasteiger partial charge >= 0.3 is 0 Å². The Bertz CT molecular complexity index is 741. The predicted molar refractivity (Wildman–Crippen MR) is 69.5 cm³/mol. The molecule has 0 bridgehead atoms. The summed E-state index contributed by atoms with van der Waals surface area (Å²) < 4.78 is 3.30. The van der Waals surface area contributed by atoms with Crippen molar-refractivity contribution >= 4 is 22.2 Å². The minimum atomic E-state index is -0.259. The maximum atomic E-state index is 11.5. The van der Waals surface area contributed by atoms with Crippen molar-refractivity contribution in [1.82, 2.24) is 24.5 Å². The molecule has 1 amide bonds. The quantitative estimate of drug-likeness (QED) is 0.727. The average Bonchev–Trinajstić information content (AvgIpc) is 3.11. The molecule has 2 N–H and O–H groups in total. The largest absolute Gasteiger partial charge is 0.390 e. The van der Waals surface area contributed by atoms with Crippen molar-refractivity contribution in [2.24, 2.45) is 0 Å². The van der Waals surface area contributed by atoms with Crippen molar-refractivity contribution in [2.45, 2.75) is 6.61 Å². The van der Waals surface area contributed by atoms with Crippen LogP contribution in [0.5, 0.6) is 0 Å². The molecule has 0 saturated carbocycles. The number of carbonyl (C=O) groups excluding carboxylic acids is 1. The number of thiazole rings is 1. The van der Waals surface area contributed by atoms with Crippen LogP contribution in [0.1, 0.15) is 16.2 Å². The highest BCUT2D eigenvalue weighted by molar-refractivity contribution is 7.15. The molecule has 7 nitrogen and oxygen atoms in total. The van der Waals surface area contributed by atoms with E-state index in [0.29, 0.717) is 17.2 Å². The molecule has 0 aromatic carbocycles. The van der Waals surface area contributed by atoms with Crippen LogP contribution >= 0.6 is 11.3 Å². The van der Waals surface area contributed by atoms with E-state index in [1.807, 2.05) is 11.6 Å². The molecule has 19 heavy (non-hydrogen) atoms. The van der Waals surface area contributed by atoms with Crippen molar-refractivity contribution < 1.29 is 9.90 Å². The number of carbonyl (C=O) groups is 1. The summed E-state index contributed by atoms with van der Waals surface area (Å²) in [6, 6.07) is 1.60. The molecular formula is C11H11N5O2S. The lowest BCUT2D eigenvalue weighted by Crippen LogP contribution is -2.18. The number of rotatable bonds is 3. The van der Waals surface area contributed by atoms with Gasteiger partial charge < -0.3 is 10.4 Å². The number of fused-ring (bicyclic) bond motifs is 1. The first kappa shape index (κ1) is 11.9. The maximum Gasteiger partial charge on any atom is 0.271 e. The Morgan fingerprint density at radius 2 is 2.37 bits per heavy atom. The summed E-state index contributed by atoms with van der Waals surface area (Å²) in [5.41, 5.74) is 0.950. The van der Waals surface area contributed by atoms with Gasteiger partial charge in [-0.25, -0.2) is 4.68 Å². The van der Waals surface area contributed by atoms with E-state index in [1.54, 1.807) is 23.7 Å². The van der Waals surface area contributed by atoms with E-state index in [4.69, 9.17) is 0 Å². The summed E-state index contributed by atoms with van der Waals surface area (Å²) in [4.78, 5) is 16.7. The van der Waals surface area contributed by atoms with Crippen LogP contribution in [0.15, 0.2) is 23.8 Å². The van der Waals surface area contributed by atoms with Crippen LogP contribution < -0.4 is 5.32 Å². The molecule has 0 atom stereocenters. The number of nitrogens with one attached hydrogen (secondary N) is 1. The number of aromatic nitrogens is 4. The van der Waals surface area contributed by atoms with E-state index in [0.717, 1.165) is 4.96 Å². The van der Waals surface area contributed by atoms with Crippen molar-refractivity contribution in [1.29, 1.82) is 0 Å². The highest BCUT2D eigenvalue weighted by Crippen LogP contribution is 2.20. The number of hydrogen-bond donors (Lipinski definition) is 2. The fourth-order valence-corrected chi connectivity index (χ4v) is 2.57. The lowest BCUT2D eigenvalue weighted by atomic mass is 10.4. The van der Waals surface area contributed by atoms with Gasteiger partial charge in [-0.05, 0) is 6.07 Å². The van der Waals surface area contributed by atoms with Gasteiger partial charge in [0.25, 0.3) is 5.91 Å². The zero-order valence-corrected chi connectivity index (χ0v) is 10.9. The molecule has 0 aliphatic rings. The van der Waals surface area contributed by atoms with Gasteiger partial charge in [-0.3, -0.25) is 9.20 Å². The highest BCUT2D eigenvalue weighted by Gasteiger charge is 2.16. The van der Waals surface area contributed by atoms with Gasteiger partial charge in [0, 0.05) is 24.8 Å². The summed E-state index contributed by atoms with van der Waals surface area (Å²) in [7, 11) is 1.55. The van der Waals surface area contributed by atoms with Gasteiger partial charge in [0.1, 0.15) is 0 Å². The van der Waals surface area contributed by atoms with Crippen LogP contribution in [0.4, 0.5) is 0 Å². The zero-order chi connectivity index (χ0) is 13.4. The molecule has 0 unspecified atom stereocenters. The van der Waals surface area contributed by atoms with E-state index in [-0.39, 0.29) is 12.5 Å². The Hall–Kier alpha value is -2.19. The van der Waals surface area contributed by atoms with E-state index >= 15 is 0 Å². The second-order valence-corrected chi connectivity index (χ2v) is 4.69. The summed E-state index contributed by atoms with van der Waals surface area (Å²) in [5.74, 6) is 0.273. The predicted octanol–water partition coefficient (Wildman–Crippen LogP) is 0.433. The molecule has 0 aliphatic heterocycles. The lowest BCUT2D eigenvalue weighted by molar-refractivity contribution is 0.0957. The van der Waals surface area contributed by atoms with Crippen LogP contribution in [0, 0.1) is 0 Å². The molecule has 8 heteroatoms. The number of nitrogens with zero attached hydrogens (tertiary/aromatic N) is 4. The number of amides is 1. The molecule has 3 rings (SSSR count). The molecule has 0 radical (unpaired) electrons. The minimum absolute atomic E-state index is 0.150. The second-order valence-electron chi connectivity index (χ2n) is 3.82. The number of imidazole rings is 1. The van der Waals surface area contributed by atoms with Gasteiger partial charge in [-0.15, -0.1) is 11.3 Å². The minimum Gasteiger partial charge on any atom is -0.390 e. The molecule has 0 aliphatic carbocycles. The molecule has 98 valence electrons. The van der Waals surface area contributed by atoms with E-state index in [1.165, 1.54) is 16.0 Å². The molecule has 0 spiro atoms. The van der Waals surface area contributed by atoms with Crippen molar-refractivity contribution in [3.63, 3.8) is 0 Å². The third-order valence-corrected chi connectivity index (χ3v) is 3.51. The van der Waals surface area contributed by atoms with Crippen LogP contribution in [-0.2, 0) is 6.61 Å². The van der Waals surface area contributed by atoms with Crippen LogP contribution in [-0.4, -0.2) is 37.2 Å². The summed E-state index contributed by atoms with van der Waals surface area (Å²) >= 11 is 1.47. The van der Waals surface area contributed by atoms with Crippen LogP contribution in [0.25, 0.3) is 10.8 Å². The Morgan fingerprint density at radius 3 is 3.11 bits per heavy atom. The zero-order valence-electron chi connectivity index (χ0n) is 10.1. The van der Waals surface area contributed by atoms with E-state index in [2.05, 4.69) is 15.4 Å². The Labute approximate surface area is 112 Å². The van der Waals surface area contributed by atoms with Gasteiger partial charge in [-0.1, -0.05) is 0 Å². The molecular weight excluding hydrogens is 266 g/mol. The molecule has 0 saturated heterocycles. The summed E-state index contributed by atoms with van der Waals surface area (Å²) in [6.45, 7) is -0.150. The van der Waals surface area contributed by atoms with Gasteiger partial charge in [0.2, 0.25) is 0 Å². The lowest BCUT2D eigenvalue weighted by Gasteiger charge is -2.00. The molecule has 0 fully saturated rings. The third-order valence-electron chi connectivity index (χ3n) is 2.76. The Morgan fingerprint density at radius 1 is 1.53 bits per heavy atom. The maximum absolute atomic E-state index is 11.5. The Balaban J connectivity index is 2.10. The smallest absolute Gasteiger partial charge is 0.271 e. The first-order valence-corrected chi connectivity index (χ1v) is 6.46. The summed E-state index contributed by atoms with van der Waals surface area (Å²) in [5, 5.41) is 18.0. The van der Waals surface area contributed by atoms with Crippen molar-refractivity contribution in [3.8, 4) is 5.82 Å². The number of aliphatic hydroxyl groups excluding tert-OH is 1. The first-order valence-electron chi connectivity index (χ1n) is 5.58. The highest BCUT2D eigenvalue weighted by atomic mass is 32.1. The first-order chi connectivity index (χ1) is 9.24. The van der Waals surface area contributed by atoms with Crippen LogP contribution in [0.3, 0.4) is 0 Å². The topological polar surface area (TPSA) is 84.5 Å². The second kappa shape index (κ2) is 4.48. The molecule has 3 aromatic heterocycles. The van der Waals surface area contributed by atoms with Crippen molar-refractivity contribution in [2.75, 3.05) is 7.05 Å². The van der Waals surface area contributed by atoms with E-state index < -0.39 is 0 Å². The van der Waals surface area contributed by atoms with Gasteiger partial charge in [0.05, 0.1) is 12.3 Å². The molecule has 3 heterocycles. The van der Waals surface area contributed by atoms with Gasteiger partial charge in [0.15, 0.2) is 16.5 Å². The van der Waals surface area contributed by atoms with Crippen molar-refractivity contribution in [3.05, 3.63) is 35.2 Å². The summed E-state index contributed by atoms with van der Waals surface area (Å²) in [6.07, 6.45) is 3.49. The van der Waals surface area contributed by atoms with E-state index in [9.17, 15) is 9.90 Å². The van der Waals surface area contributed by atoms with Gasteiger partial charge in [-0.2, -0.15) is 10.1 Å². The Kier molecular flexibility index (Phi) is 2.80. The monoisotopic (exact) mass is 277 g/mol. The average molecular weight is 277 g/mol. The number of aliphatic hydroxyl groups is 1. The third kappa shape index (κ3) is 1.81. The fraction of sp³-hybridized carbons (Fsp3) is 0.182. The number of hydrogen-bond acceptors (Lipinski definition) is 5. The normalized spacial score (nSPS) is 11.1. The molecule has 3 aromatic rings. The van der Waals surface area contributed by atoms with Crippen LogP contribution in [0.2, 0.25) is 0 Å². The fourth-order valence-electron chi connectivity index (χ4n) is 1.84.